The summed E-state index contributed by atoms with van der Waals surface area (Å²) in [5.41, 5.74) is 7.34. The van der Waals surface area contributed by atoms with E-state index in [0.29, 0.717) is 10.0 Å². The predicted octanol–water partition coefficient (Wildman–Crippen LogP) is 2.80. The zero-order valence-corrected chi connectivity index (χ0v) is 9.58. The summed E-state index contributed by atoms with van der Waals surface area (Å²) in [5, 5.41) is 3.92. The Bertz CT molecular complexity index is 339. The van der Waals surface area contributed by atoms with Crippen LogP contribution in [0.4, 0.5) is 5.69 Å². The Labute approximate surface area is 94.4 Å². The molecule has 1 aromatic rings. The number of benzene rings is 1. The zero-order valence-electron chi connectivity index (χ0n) is 8.01. The van der Waals surface area contributed by atoms with Gasteiger partial charge in [-0.2, -0.15) is 0 Å². The summed E-state index contributed by atoms with van der Waals surface area (Å²) < 4.78 is 0. The molecule has 3 N–H and O–H groups in total. The Hall–Kier alpha value is -0.800. The predicted molar refractivity (Wildman–Crippen MR) is 66.1 cm³/mol. The highest BCUT2D eigenvalue weighted by atomic mass is 35.5. The summed E-state index contributed by atoms with van der Waals surface area (Å²) in [6.45, 7) is 2.98. The van der Waals surface area contributed by atoms with Gasteiger partial charge in [-0.25, -0.2) is 0 Å². The molecule has 76 valence electrons. The van der Waals surface area contributed by atoms with Crippen molar-refractivity contribution in [2.45, 2.75) is 13.3 Å². The number of nitrogens with two attached hydrogens (primary N) is 1. The molecular formula is C10H13ClN2S. The number of nitrogens with one attached hydrogen (secondary N) is 1. The normalized spacial score (nSPS) is 9.86. The molecule has 2 nitrogen and oxygen atoms in total. The van der Waals surface area contributed by atoms with Gasteiger partial charge in [0.1, 0.15) is 4.99 Å². The first-order valence-electron chi connectivity index (χ1n) is 4.48. The van der Waals surface area contributed by atoms with Crippen molar-refractivity contribution in [3.63, 3.8) is 0 Å². The average molecular weight is 229 g/mol. The molecule has 0 aromatic heterocycles. The molecule has 1 rings (SSSR count). The van der Waals surface area contributed by atoms with E-state index in [1.165, 1.54) is 0 Å². The van der Waals surface area contributed by atoms with Crippen LogP contribution in [0.3, 0.4) is 0 Å². The Balaban J connectivity index is 2.97. The van der Waals surface area contributed by atoms with Gasteiger partial charge in [-0.3, -0.25) is 0 Å². The molecule has 1 aromatic carbocycles. The molecule has 0 saturated carbocycles. The molecule has 0 aliphatic rings. The summed E-state index contributed by atoms with van der Waals surface area (Å²) in [6, 6.07) is 5.46. The molecule has 4 heteroatoms. The number of hydrogen-bond acceptors (Lipinski definition) is 2. The maximum absolute atomic E-state index is 5.88. The molecular weight excluding hydrogens is 216 g/mol. The number of thiocarbonyl (C=S) groups is 1. The smallest absolute Gasteiger partial charge is 0.106 e. The molecule has 0 saturated heterocycles. The van der Waals surface area contributed by atoms with Crippen LogP contribution in [0.15, 0.2) is 18.2 Å². The molecule has 0 fully saturated rings. The van der Waals surface area contributed by atoms with Crippen LogP contribution in [0.25, 0.3) is 0 Å². The van der Waals surface area contributed by atoms with Crippen LogP contribution in [-0.2, 0) is 0 Å². The first-order chi connectivity index (χ1) is 6.65. The number of anilines is 1. The van der Waals surface area contributed by atoms with Gasteiger partial charge in [0.15, 0.2) is 0 Å². The third kappa shape index (κ3) is 2.86. The monoisotopic (exact) mass is 228 g/mol. The Morgan fingerprint density at radius 1 is 1.57 bits per heavy atom. The summed E-state index contributed by atoms with van der Waals surface area (Å²) in [6.07, 6.45) is 1.04. The van der Waals surface area contributed by atoms with Crippen molar-refractivity contribution in [1.82, 2.24) is 0 Å². The minimum atomic E-state index is 0.389. The summed E-state index contributed by atoms with van der Waals surface area (Å²) in [4.78, 5) is 0.389. The highest BCUT2D eigenvalue weighted by Gasteiger charge is 2.04. The standard InChI is InChI=1S/C10H13ClN2S/c1-2-5-13-9-6-7(11)3-4-8(9)10(12)14/h3-4,6,13H,2,5H2,1H3,(H2,12,14). The summed E-state index contributed by atoms with van der Waals surface area (Å²) in [5.74, 6) is 0. The van der Waals surface area contributed by atoms with E-state index in [4.69, 9.17) is 29.6 Å². The largest absolute Gasteiger partial charge is 0.389 e. The van der Waals surface area contributed by atoms with Gasteiger partial charge in [0.2, 0.25) is 0 Å². The number of hydrogen-bond donors (Lipinski definition) is 2. The molecule has 14 heavy (non-hydrogen) atoms. The van der Waals surface area contributed by atoms with Gasteiger partial charge in [0, 0.05) is 22.8 Å². The van der Waals surface area contributed by atoms with Crippen LogP contribution in [0, 0.1) is 0 Å². The van der Waals surface area contributed by atoms with E-state index in [2.05, 4.69) is 12.2 Å². The van der Waals surface area contributed by atoms with E-state index in [9.17, 15) is 0 Å². The van der Waals surface area contributed by atoms with Crippen molar-refractivity contribution in [3.8, 4) is 0 Å². The molecule has 0 aliphatic carbocycles. The van der Waals surface area contributed by atoms with Gasteiger partial charge in [0.05, 0.1) is 0 Å². The minimum absolute atomic E-state index is 0.389. The Morgan fingerprint density at radius 3 is 2.86 bits per heavy atom. The van der Waals surface area contributed by atoms with Gasteiger partial charge < -0.3 is 11.1 Å². The van der Waals surface area contributed by atoms with Crippen LogP contribution in [-0.4, -0.2) is 11.5 Å². The fraction of sp³-hybridized carbons (Fsp3) is 0.300. The third-order valence-electron chi connectivity index (χ3n) is 1.81. The molecule has 0 bridgehead atoms. The lowest BCUT2D eigenvalue weighted by atomic mass is 10.1. The van der Waals surface area contributed by atoms with Crippen molar-refractivity contribution in [1.29, 1.82) is 0 Å². The van der Waals surface area contributed by atoms with E-state index in [-0.39, 0.29) is 0 Å². The van der Waals surface area contributed by atoms with Gasteiger partial charge in [-0.15, -0.1) is 0 Å². The third-order valence-corrected chi connectivity index (χ3v) is 2.27. The summed E-state index contributed by atoms with van der Waals surface area (Å²) in [7, 11) is 0. The first-order valence-corrected chi connectivity index (χ1v) is 5.27. The average Bonchev–Trinajstić information content (AvgIpc) is 2.14. The molecule has 0 atom stereocenters. The number of rotatable bonds is 4. The minimum Gasteiger partial charge on any atom is -0.389 e. The maximum atomic E-state index is 5.88. The quantitative estimate of drug-likeness (QED) is 0.779. The van der Waals surface area contributed by atoms with E-state index >= 15 is 0 Å². The highest BCUT2D eigenvalue weighted by Crippen LogP contribution is 2.20. The topological polar surface area (TPSA) is 38.0 Å². The van der Waals surface area contributed by atoms with Crippen molar-refractivity contribution in [2.75, 3.05) is 11.9 Å². The van der Waals surface area contributed by atoms with Crippen molar-refractivity contribution >= 4 is 34.5 Å². The Kier molecular flexibility index (Phi) is 4.17. The van der Waals surface area contributed by atoms with E-state index < -0.39 is 0 Å². The fourth-order valence-corrected chi connectivity index (χ4v) is 1.49. The van der Waals surface area contributed by atoms with Gasteiger partial charge >= 0.3 is 0 Å². The molecule has 0 aliphatic heterocycles. The van der Waals surface area contributed by atoms with Gasteiger partial charge in [0.25, 0.3) is 0 Å². The van der Waals surface area contributed by atoms with E-state index in [1.807, 2.05) is 12.1 Å². The highest BCUT2D eigenvalue weighted by molar-refractivity contribution is 7.80. The second-order valence-corrected chi connectivity index (χ2v) is 3.86. The van der Waals surface area contributed by atoms with Gasteiger partial charge in [-0.05, 0) is 24.6 Å². The van der Waals surface area contributed by atoms with Crippen LogP contribution in [0.5, 0.6) is 0 Å². The molecule has 0 unspecified atom stereocenters. The lowest BCUT2D eigenvalue weighted by Gasteiger charge is -2.10. The lowest BCUT2D eigenvalue weighted by molar-refractivity contribution is 0.979. The van der Waals surface area contributed by atoms with E-state index in [1.54, 1.807) is 6.07 Å². The van der Waals surface area contributed by atoms with Crippen molar-refractivity contribution < 1.29 is 0 Å². The van der Waals surface area contributed by atoms with Crippen LogP contribution in [0.1, 0.15) is 18.9 Å². The molecule has 0 heterocycles. The lowest BCUT2D eigenvalue weighted by Crippen LogP contribution is -2.13. The number of halogens is 1. The second-order valence-electron chi connectivity index (χ2n) is 2.98. The van der Waals surface area contributed by atoms with Crippen molar-refractivity contribution in [2.24, 2.45) is 5.73 Å². The summed E-state index contributed by atoms with van der Waals surface area (Å²) >= 11 is 10.8. The van der Waals surface area contributed by atoms with E-state index in [0.717, 1.165) is 24.2 Å². The van der Waals surface area contributed by atoms with Crippen molar-refractivity contribution in [3.05, 3.63) is 28.8 Å². The second kappa shape index (κ2) is 5.17. The maximum Gasteiger partial charge on any atom is 0.106 e. The Morgan fingerprint density at radius 2 is 2.29 bits per heavy atom. The van der Waals surface area contributed by atoms with Gasteiger partial charge in [-0.1, -0.05) is 30.7 Å². The zero-order chi connectivity index (χ0) is 10.6. The first kappa shape index (κ1) is 11.3. The van der Waals surface area contributed by atoms with Crippen LogP contribution in [0.2, 0.25) is 5.02 Å². The fourth-order valence-electron chi connectivity index (χ4n) is 1.14. The molecule has 0 radical (unpaired) electrons. The van der Waals surface area contributed by atoms with Crippen LogP contribution < -0.4 is 11.1 Å². The van der Waals surface area contributed by atoms with Crippen LogP contribution >= 0.6 is 23.8 Å². The molecule has 0 amide bonds. The SMILES string of the molecule is CCCNc1cc(Cl)ccc1C(N)=S. The molecule has 0 spiro atoms.